The van der Waals surface area contributed by atoms with Gasteiger partial charge in [-0.05, 0) is 51.8 Å². The molecule has 0 unspecified atom stereocenters. The molecule has 1 aliphatic heterocycles. The van der Waals surface area contributed by atoms with Crippen molar-refractivity contribution in [2.24, 2.45) is 0 Å². The van der Waals surface area contributed by atoms with Gasteiger partial charge < -0.3 is 4.74 Å². The molecule has 1 saturated heterocycles. The van der Waals surface area contributed by atoms with E-state index in [1.807, 2.05) is 25.1 Å². The van der Waals surface area contributed by atoms with Gasteiger partial charge in [0.2, 0.25) is 5.88 Å². The van der Waals surface area contributed by atoms with Crippen LogP contribution >= 0.6 is 0 Å². The zero-order chi connectivity index (χ0) is 13.5. The largest absolute Gasteiger partial charge is 0.472 e. The maximum Gasteiger partial charge on any atom is 0.233 e. The smallest absolute Gasteiger partial charge is 0.233 e. The fourth-order valence-corrected chi connectivity index (χ4v) is 2.36. The third-order valence-corrected chi connectivity index (χ3v) is 3.41. The van der Waals surface area contributed by atoms with Crippen molar-refractivity contribution < 1.29 is 4.74 Å². The molecular weight excluding hydrogens is 238 g/mol. The molecule has 0 bridgehead atoms. The van der Waals surface area contributed by atoms with Gasteiger partial charge in [-0.15, -0.1) is 11.7 Å². The number of ether oxygens (including phenoxy) is 1. The zero-order valence-corrected chi connectivity index (χ0v) is 11.7. The van der Waals surface area contributed by atoms with Crippen molar-refractivity contribution in [2.45, 2.75) is 38.7 Å². The third-order valence-electron chi connectivity index (χ3n) is 3.41. The fraction of sp³-hybridized carbons (Fsp3) is 0.600. The van der Waals surface area contributed by atoms with Gasteiger partial charge in [-0.2, -0.15) is 5.10 Å². The Hall–Kier alpha value is -1.42. The molecule has 4 nitrogen and oxygen atoms in total. The molecule has 1 aromatic heterocycles. The summed E-state index contributed by atoms with van der Waals surface area (Å²) in [6.45, 7) is 9.06. The Morgan fingerprint density at radius 2 is 2.16 bits per heavy atom. The first kappa shape index (κ1) is 14.0. The lowest BCUT2D eigenvalue weighted by atomic mass is 10.2. The first-order valence-corrected chi connectivity index (χ1v) is 7.08. The molecule has 2 rings (SSSR count). The maximum absolute atomic E-state index is 5.97. The van der Waals surface area contributed by atoms with Crippen molar-refractivity contribution in [3.05, 3.63) is 30.5 Å². The Kier molecular flexibility index (Phi) is 5.33. The summed E-state index contributed by atoms with van der Waals surface area (Å²) < 4.78 is 5.97. The highest BCUT2D eigenvalue weighted by atomic mass is 16.5. The summed E-state index contributed by atoms with van der Waals surface area (Å²) in [5.74, 6) is 0.624. The van der Waals surface area contributed by atoms with E-state index >= 15 is 0 Å². The van der Waals surface area contributed by atoms with Crippen molar-refractivity contribution in [1.29, 1.82) is 0 Å². The van der Waals surface area contributed by atoms with Crippen LogP contribution in [0, 0.1) is 6.92 Å². The van der Waals surface area contributed by atoms with E-state index in [-0.39, 0.29) is 6.10 Å². The van der Waals surface area contributed by atoms with Gasteiger partial charge in [-0.3, -0.25) is 4.90 Å². The summed E-state index contributed by atoms with van der Waals surface area (Å²) in [6, 6.07) is 3.83. The SMILES string of the molecule is C=CCC[C@@H](CN1CCCC1)Oc1ccc(C)nn1. The summed E-state index contributed by atoms with van der Waals surface area (Å²) in [5, 5.41) is 8.12. The van der Waals surface area contributed by atoms with Crippen LogP contribution in [0.1, 0.15) is 31.4 Å². The highest BCUT2D eigenvalue weighted by Crippen LogP contribution is 2.15. The minimum atomic E-state index is 0.174. The second kappa shape index (κ2) is 7.24. The van der Waals surface area contributed by atoms with Gasteiger partial charge in [0.1, 0.15) is 6.10 Å². The molecule has 2 heterocycles. The Morgan fingerprint density at radius 1 is 1.37 bits per heavy atom. The maximum atomic E-state index is 5.97. The highest BCUT2D eigenvalue weighted by Gasteiger charge is 2.18. The summed E-state index contributed by atoms with van der Waals surface area (Å²) in [5.41, 5.74) is 0.912. The summed E-state index contributed by atoms with van der Waals surface area (Å²) >= 11 is 0. The van der Waals surface area contributed by atoms with Crippen molar-refractivity contribution in [1.82, 2.24) is 15.1 Å². The normalized spacial score (nSPS) is 17.3. The van der Waals surface area contributed by atoms with Crippen LogP contribution in [0.3, 0.4) is 0 Å². The Bertz CT molecular complexity index is 385. The average molecular weight is 261 g/mol. The van der Waals surface area contributed by atoms with E-state index in [1.54, 1.807) is 0 Å². The molecule has 104 valence electrons. The molecule has 19 heavy (non-hydrogen) atoms. The van der Waals surface area contributed by atoms with Crippen LogP contribution in [0.25, 0.3) is 0 Å². The number of nitrogens with zero attached hydrogens (tertiary/aromatic N) is 3. The second-order valence-corrected chi connectivity index (χ2v) is 5.13. The minimum absolute atomic E-state index is 0.174. The van der Waals surface area contributed by atoms with Crippen LogP contribution in [0.4, 0.5) is 0 Å². The molecule has 0 radical (unpaired) electrons. The van der Waals surface area contributed by atoms with E-state index in [0.29, 0.717) is 5.88 Å². The van der Waals surface area contributed by atoms with E-state index in [1.165, 1.54) is 25.9 Å². The van der Waals surface area contributed by atoms with Crippen LogP contribution in [-0.4, -0.2) is 40.8 Å². The quantitative estimate of drug-likeness (QED) is 0.707. The number of aryl methyl sites for hydroxylation is 1. The minimum Gasteiger partial charge on any atom is -0.472 e. The molecule has 1 fully saturated rings. The summed E-state index contributed by atoms with van der Waals surface area (Å²) in [7, 11) is 0. The molecule has 1 aromatic rings. The van der Waals surface area contributed by atoms with Crippen molar-refractivity contribution >= 4 is 0 Å². The molecule has 0 amide bonds. The zero-order valence-electron chi connectivity index (χ0n) is 11.7. The molecular formula is C15H23N3O. The first-order valence-electron chi connectivity index (χ1n) is 7.08. The van der Waals surface area contributed by atoms with Gasteiger partial charge in [0.25, 0.3) is 0 Å². The topological polar surface area (TPSA) is 38.2 Å². The number of allylic oxidation sites excluding steroid dienone is 1. The Labute approximate surface area is 115 Å². The fourth-order valence-electron chi connectivity index (χ4n) is 2.36. The molecule has 4 heteroatoms. The van der Waals surface area contributed by atoms with E-state index in [2.05, 4.69) is 21.7 Å². The van der Waals surface area contributed by atoms with E-state index in [4.69, 9.17) is 4.74 Å². The molecule has 0 aromatic carbocycles. The predicted molar refractivity (Wildman–Crippen MR) is 76.3 cm³/mol. The van der Waals surface area contributed by atoms with Gasteiger partial charge >= 0.3 is 0 Å². The standard InChI is InChI=1S/C15H23N3O/c1-3-4-7-14(12-18-10-5-6-11-18)19-15-9-8-13(2)16-17-15/h3,8-9,14H,1,4-7,10-12H2,2H3/t14-/m0/s1. The van der Waals surface area contributed by atoms with Crippen molar-refractivity contribution in [3.63, 3.8) is 0 Å². The lowest BCUT2D eigenvalue weighted by molar-refractivity contribution is 0.133. The van der Waals surface area contributed by atoms with Gasteiger partial charge in [0.05, 0.1) is 5.69 Å². The Balaban J connectivity index is 1.91. The van der Waals surface area contributed by atoms with Crippen molar-refractivity contribution in [2.75, 3.05) is 19.6 Å². The first-order chi connectivity index (χ1) is 9.28. The number of hydrogen-bond acceptors (Lipinski definition) is 4. The molecule has 0 saturated carbocycles. The number of hydrogen-bond donors (Lipinski definition) is 0. The molecule has 0 N–H and O–H groups in total. The van der Waals surface area contributed by atoms with Crippen molar-refractivity contribution in [3.8, 4) is 5.88 Å². The molecule has 1 aliphatic rings. The average Bonchev–Trinajstić information content (AvgIpc) is 2.91. The predicted octanol–water partition coefficient (Wildman–Crippen LogP) is 2.59. The molecule has 0 aliphatic carbocycles. The summed E-state index contributed by atoms with van der Waals surface area (Å²) in [6.07, 6.45) is 6.68. The highest BCUT2D eigenvalue weighted by molar-refractivity contribution is 5.10. The van der Waals surface area contributed by atoms with Gasteiger partial charge in [-0.25, -0.2) is 0 Å². The lowest BCUT2D eigenvalue weighted by Crippen LogP contribution is -2.34. The van der Waals surface area contributed by atoms with Crippen LogP contribution in [-0.2, 0) is 0 Å². The van der Waals surface area contributed by atoms with Crippen LogP contribution in [0.15, 0.2) is 24.8 Å². The van der Waals surface area contributed by atoms with Gasteiger partial charge in [0, 0.05) is 12.6 Å². The third kappa shape index (κ3) is 4.63. The van der Waals surface area contributed by atoms with Gasteiger partial charge in [-0.1, -0.05) is 6.08 Å². The van der Waals surface area contributed by atoms with Crippen LogP contribution in [0.2, 0.25) is 0 Å². The van der Waals surface area contributed by atoms with Crippen LogP contribution < -0.4 is 4.74 Å². The monoisotopic (exact) mass is 261 g/mol. The second-order valence-electron chi connectivity index (χ2n) is 5.13. The lowest BCUT2D eigenvalue weighted by Gasteiger charge is -2.23. The van der Waals surface area contributed by atoms with E-state index in [0.717, 1.165) is 25.1 Å². The van der Waals surface area contributed by atoms with E-state index < -0.39 is 0 Å². The van der Waals surface area contributed by atoms with E-state index in [9.17, 15) is 0 Å². The van der Waals surface area contributed by atoms with Crippen LogP contribution in [0.5, 0.6) is 5.88 Å². The molecule has 1 atom stereocenters. The van der Waals surface area contributed by atoms with Gasteiger partial charge in [0.15, 0.2) is 0 Å². The number of rotatable bonds is 7. The molecule has 0 spiro atoms. The number of likely N-dealkylation sites (tertiary alicyclic amines) is 1. The summed E-state index contributed by atoms with van der Waals surface area (Å²) in [4.78, 5) is 2.47. The Morgan fingerprint density at radius 3 is 2.79 bits per heavy atom. The number of aromatic nitrogens is 2.